The molecule has 11 heteroatoms. The van der Waals surface area contributed by atoms with E-state index in [1.54, 1.807) is 6.92 Å². The lowest BCUT2D eigenvalue weighted by atomic mass is 10.1. The first-order valence-electron chi connectivity index (χ1n) is 12.7. The maximum absolute atomic E-state index is 12.6. The molecule has 0 spiro atoms. The summed E-state index contributed by atoms with van der Waals surface area (Å²) in [6.07, 6.45) is 5.20. The van der Waals surface area contributed by atoms with E-state index in [1.165, 1.54) is 48.0 Å². The average Bonchev–Trinajstić information content (AvgIpc) is 3.67. The molecule has 0 bridgehead atoms. The number of aromatic nitrogens is 2. The molecule has 2 aliphatic rings. The molecule has 1 saturated heterocycles. The molecule has 0 saturated carbocycles. The first-order chi connectivity index (χ1) is 18.6. The standard InChI is InChI=1S/C28H27N5O3S2.ClH/c1-18-16-23(34)33(28(18)35)31-26-24-21(17-38-27(24)30-25(29-26)22-6-5-15-37-22)19-7-9-20(10-8-19)36-14-13-32-11-3-2-4-12-32;/h5-10,15-17H,2-4,11-14H2,1H3,(H,29,30,31);1H. The van der Waals surface area contributed by atoms with Gasteiger partial charge in [0.05, 0.1) is 10.3 Å². The average molecular weight is 582 g/mol. The van der Waals surface area contributed by atoms with Crippen molar-refractivity contribution in [2.75, 3.05) is 31.7 Å². The molecule has 0 aliphatic carbocycles. The number of amides is 2. The number of hydrazine groups is 1. The molecular formula is C28H28ClN5O3S2. The second kappa shape index (κ2) is 11.8. The van der Waals surface area contributed by atoms with Crippen LogP contribution < -0.4 is 10.2 Å². The van der Waals surface area contributed by atoms with Crippen molar-refractivity contribution in [3.05, 3.63) is 58.8 Å². The number of benzene rings is 1. The molecule has 3 aromatic heterocycles. The normalized spacial score (nSPS) is 15.9. The fraction of sp³-hybridized carbons (Fsp3) is 0.286. The molecule has 39 heavy (non-hydrogen) atoms. The third kappa shape index (κ3) is 5.69. The largest absolute Gasteiger partial charge is 0.492 e. The first-order valence-corrected chi connectivity index (χ1v) is 14.4. The summed E-state index contributed by atoms with van der Waals surface area (Å²) in [4.78, 5) is 38.8. The molecule has 1 N–H and O–H groups in total. The summed E-state index contributed by atoms with van der Waals surface area (Å²) in [6, 6.07) is 11.9. The van der Waals surface area contributed by atoms with Gasteiger partial charge in [0.25, 0.3) is 11.8 Å². The number of hydrogen-bond donors (Lipinski definition) is 1. The van der Waals surface area contributed by atoms with Crippen molar-refractivity contribution in [3.63, 3.8) is 0 Å². The Kier molecular flexibility index (Phi) is 8.27. The van der Waals surface area contributed by atoms with Crippen LogP contribution in [0.3, 0.4) is 0 Å². The van der Waals surface area contributed by atoms with Gasteiger partial charge in [0, 0.05) is 29.1 Å². The highest BCUT2D eigenvalue weighted by Gasteiger charge is 2.30. The number of nitrogens with one attached hydrogen (secondary N) is 1. The van der Waals surface area contributed by atoms with Gasteiger partial charge in [0.2, 0.25) is 0 Å². The molecule has 202 valence electrons. The van der Waals surface area contributed by atoms with Crippen LogP contribution in [0.15, 0.2) is 58.8 Å². The molecular weight excluding hydrogens is 554 g/mol. The zero-order chi connectivity index (χ0) is 26.1. The van der Waals surface area contributed by atoms with Gasteiger partial charge < -0.3 is 4.74 Å². The van der Waals surface area contributed by atoms with Crippen molar-refractivity contribution in [2.45, 2.75) is 26.2 Å². The Hall–Kier alpha value is -3.31. The molecule has 1 aromatic carbocycles. The Morgan fingerprint density at radius 1 is 1.03 bits per heavy atom. The number of nitrogens with zero attached hydrogens (tertiary/aromatic N) is 4. The summed E-state index contributed by atoms with van der Waals surface area (Å²) < 4.78 is 6.01. The third-order valence-electron chi connectivity index (χ3n) is 6.78. The summed E-state index contributed by atoms with van der Waals surface area (Å²) in [7, 11) is 0. The molecule has 8 nitrogen and oxygen atoms in total. The lowest BCUT2D eigenvalue weighted by molar-refractivity contribution is -0.135. The number of carbonyl (C=O) groups excluding carboxylic acids is 2. The van der Waals surface area contributed by atoms with Crippen molar-refractivity contribution < 1.29 is 14.3 Å². The summed E-state index contributed by atoms with van der Waals surface area (Å²) in [6.45, 7) is 5.55. The van der Waals surface area contributed by atoms with E-state index in [4.69, 9.17) is 14.7 Å². The van der Waals surface area contributed by atoms with Gasteiger partial charge in [0.15, 0.2) is 11.6 Å². The monoisotopic (exact) mass is 581 g/mol. The van der Waals surface area contributed by atoms with Crippen molar-refractivity contribution in [3.8, 4) is 27.6 Å². The highest BCUT2D eigenvalue weighted by Crippen LogP contribution is 2.39. The number of thiophene rings is 2. The van der Waals surface area contributed by atoms with Crippen molar-refractivity contribution in [2.24, 2.45) is 0 Å². The van der Waals surface area contributed by atoms with Crippen LogP contribution in [0.1, 0.15) is 26.2 Å². The number of halogens is 1. The van der Waals surface area contributed by atoms with E-state index in [0.717, 1.165) is 56.6 Å². The first kappa shape index (κ1) is 27.3. The van der Waals surface area contributed by atoms with Crippen LogP contribution in [0.4, 0.5) is 5.82 Å². The fourth-order valence-corrected chi connectivity index (χ4v) is 6.36. The number of imide groups is 1. The zero-order valence-electron chi connectivity index (χ0n) is 21.4. The predicted octanol–water partition coefficient (Wildman–Crippen LogP) is 6.02. The molecule has 1 fully saturated rings. The molecule has 6 rings (SSSR count). The number of carbonyl (C=O) groups is 2. The Balaban J connectivity index is 0.00000308. The Morgan fingerprint density at radius 2 is 1.82 bits per heavy atom. The second-order valence-electron chi connectivity index (χ2n) is 9.40. The quantitative estimate of drug-likeness (QED) is 0.255. The fourth-order valence-electron chi connectivity index (χ4n) is 4.76. The van der Waals surface area contributed by atoms with Gasteiger partial charge in [0.1, 0.15) is 17.2 Å². The van der Waals surface area contributed by atoms with Crippen LogP contribution in [-0.2, 0) is 9.59 Å². The smallest absolute Gasteiger partial charge is 0.275 e. The maximum atomic E-state index is 12.6. The lowest BCUT2D eigenvalue weighted by Gasteiger charge is -2.26. The summed E-state index contributed by atoms with van der Waals surface area (Å²) in [5, 5.41) is 5.77. The maximum Gasteiger partial charge on any atom is 0.275 e. The number of fused-ring (bicyclic) bond motifs is 1. The van der Waals surface area contributed by atoms with Crippen LogP contribution in [0.2, 0.25) is 0 Å². The molecule has 0 unspecified atom stereocenters. The molecule has 4 aromatic rings. The number of likely N-dealkylation sites (tertiary alicyclic amines) is 1. The van der Waals surface area contributed by atoms with Crippen molar-refractivity contribution >= 4 is 62.9 Å². The topological polar surface area (TPSA) is 87.7 Å². The highest BCUT2D eigenvalue weighted by atomic mass is 35.5. The number of piperidine rings is 1. The highest BCUT2D eigenvalue weighted by molar-refractivity contribution is 7.17. The summed E-state index contributed by atoms with van der Waals surface area (Å²) in [5.41, 5.74) is 5.28. The minimum Gasteiger partial charge on any atom is -0.492 e. The Morgan fingerprint density at radius 3 is 2.51 bits per heavy atom. The number of hydrogen-bond acceptors (Lipinski definition) is 9. The van der Waals surface area contributed by atoms with Gasteiger partial charge in [-0.2, -0.15) is 5.01 Å². The van der Waals surface area contributed by atoms with Crippen LogP contribution in [0, 0.1) is 0 Å². The number of rotatable bonds is 8. The van der Waals surface area contributed by atoms with Crippen molar-refractivity contribution in [1.29, 1.82) is 0 Å². The van der Waals surface area contributed by atoms with Crippen LogP contribution >= 0.6 is 35.1 Å². The Labute approximate surface area is 240 Å². The number of ether oxygens (including phenoxy) is 1. The van der Waals surface area contributed by atoms with Gasteiger partial charge in [-0.05, 0) is 62.0 Å². The van der Waals surface area contributed by atoms with Crippen LogP contribution in [-0.4, -0.2) is 57.9 Å². The van der Waals surface area contributed by atoms with Crippen LogP contribution in [0.5, 0.6) is 5.75 Å². The van der Waals surface area contributed by atoms with E-state index in [1.807, 2.05) is 47.2 Å². The van der Waals surface area contributed by atoms with E-state index in [-0.39, 0.29) is 18.3 Å². The Bertz CT molecular complexity index is 1510. The molecule has 5 heterocycles. The van der Waals surface area contributed by atoms with Gasteiger partial charge in [-0.25, -0.2) is 9.97 Å². The van der Waals surface area contributed by atoms with E-state index in [9.17, 15) is 9.59 Å². The zero-order valence-corrected chi connectivity index (χ0v) is 23.8. The predicted molar refractivity (Wildman–Crippen MR) is 158 cm³/mol. The van der Waals surface area contributed by atoms with Gasteiger partial charge >= 0.3 is 0 Å². The van der Waals surface area contributed by atoms with E-state index in [2.05, 4.69) is 10.3 Å². The van der Waals surface area contributed by atoms with Crippen molar-refractivity contribution in [1.82, 2.24) is 19.9 Å². The molecule has 2 aliphatic heterocycles. The second-order valence-corrected chi connectivity index (χ2v) is 11.2. The van der Waals surface area contributed by atoms with Crippen LogP contribution in [0.25, 0.3) is 32.0 Å². The SMILES string of the molecule is CC1=CC(=O)N(Nc2nc(-c3cccs3)nc3scc(-c4ccc(OCCN5CCCCC5)cc4)c23)C1=O.Cl. The lowest BCUT2D eigenvalue weighted by Crippen LogP contribution is -2.36. The van der Waals surface area contributed by atoms with E-state index in [0.29, 0.717) is 23.8 Å². The van der Waals surface area contributed by atoms with Gasteiger partial charge in [-0.3, -0.25) is 19.9 Å². The minimum absolute atomic E-state index is 0. The summed E-state index contributed by atoms with van der Waals surface area (Å²) >= 11 is 3.04. The van der Waals surface area contributed by atoms with Gasteiger partial charge in [-0.15, -0.1) is 35.1 Å². The molecule has 0 atom stereocenters. The molecule has 2 amide bonds. The van der Waals surface area contributed by atoms with Gasteiger partial charge in [-0.1, -0.05) is 24.6 Å². The third-order valence-corrected chi connectivity index (χ3v) is 8.52. The van der Waals surface area contributed by atoms with E-state index < -0.39 is 5.91 Å². The van der Waals surface area contributed by atoms with E-state index >= 15 is 0 Å². The summed E-state index contributed by atoms with van der Waals surface area (Å²) in [5.74, 6) is 0.989. The molecule has 0 radical (unpaired) electrons. The minimum atomic E-state index is -0.417. The number of anilines is 1.